The Hall–Kier alpha value is -1.58. The molecule has 1 aliphatic rings. The number of ether oxygens (including phenoxy) is 1. The van der Waals surface area contributed by atoms with Gasteiger partial charge in [0.05, 0.1) is 23.2 Å². The van der Waals surface area contributed by atoms with Crippen molar-refractivity contribution >= 4 is 44.2 Å². The summed E-state index contributed by atoms with van der Waals surface area (Å²) in [7, 11) is 3.60. The van der Waals surface area contributed by atoms with Crippen LogP contribution in [0.2, 0.25) is 0 Å². The molecule has 7 nitrogen and oxygen atoms in total. The molecule has 0 atom stereocenters. The molecule has 1 aromatic carbocycles. The van der Waals surface area contributed by atoms with Crippen LogP contribution in [0.15, 0.2) is 49.6 Å². The minimum absolute atomic E-state index is 0.0469. The number of rotatable bonds is 4. The van der Waals surface area contributed by atoms with Crippen LogP contribution >= 0.6 is 33.4 Å². The molecule has 20 heavy (non-hydrogen) atoms. The lowest BCUT2D eigenvalue weighted by molar-refractivity contribution is -0.426. The fourth-order valence-electron chi connectivity index (χ4n) is 1.27. The van der Waals surface area contributed by atoms with Gasteiger partial charge in [0.15, 0.2) is 15.8 Å². The van der Waals surface area contributed by atoms with Gasteiger partial charge >= 0.3 is 5.82 Å². The summed E-state index contributed by atoms with van der Waals surface area (Å²) in [6, 6.07) is 6.81. The van der Waals surface area contributed by atoms with E-state index in [0.29, 0.717) is 11.4 Å². The molecular formula is C10H7ClN4O3S2. The molecule has 1 aliphatic heterocycles. The number of nitro groups is 1. The number of nitrogens with zero attached hydrogens (tertiary/aromatic N) is 4. The van der Waals surface area contributed by atoms with Crippen molar-refractivity contribution in [1.82, 2.24) is 0 Å². The van der Waals surface area contributed by atoms with E-state index < -0.39 is 10.7 Å². The molecule has 0 aromatic heterocycles. The summed E-state index contributed by atoms with van der Waals surface area (Å²) >= 11 is 5.78. The Balaban J connectivity index is 2.37. The summed E-state index contributed by atoms with van der Waals surface area (Å²) in [4.78, 5) is 10.6. The van der Waals surface area contributed by atoms with Crippen LogP contribution in [0, 0.1) is 10.1 Å². The standard InChI is InChI=1S/C10H7ClN4O3S2/c1-18-7-5-3-2-4-6(7)12-13-10(15(16)17)8-9(11)14-20-19-8/h2-5H,1H3/b10-8-,13-12?. The third-order valence-electron chi connectivity index (χ3n) is 2.14. The van der Waals surface area contributed by atoms with Crippen molar-refractivity contribution in [2.75, 3.05) is 7.11 Å². The van der Waals surface area contributed by atoms with Crippen molar-refractivity contribution in [3.63, 3.8) is 0 Å². The molecule has 2 rings (SSSR count). The lowest BCUT2D eigenvalue weighted by atomic mass is 10.3. The quantitative estimate of drug-likeness (QED) is 0.272. The number of azo groups is 1. The van der Waals surface area contributed by atoms with Crippen molar-refractivity contribution in [2.24, 2.45) is 14.6 Å². The number of halogens is 1. The van der Waals surface area contributed by atoms with E-state index in [-0.39, 0.29) is 10.1 Å². The number of hydrogen-bond acceptors (Lipinski definition) is 8. The lowest BCUT2D eigenvalue weighted by Gasteiger charge is -2.00. The van der Waals surface area contributed by atoms with Gasteiger partial charge < -0.3 is 14.9 Å². The Kier molecular flexibility index (Phi) is 4.99. The molecule has 0 unspecified atom stereocenters. The summed E-state index contributed by atoms with van der Waals surface area (Å²) < 4.78 is 8.87. The second-order valence-corrected chi connectivity index (χ2v) is 5.53. The van der Waals surface area contributed by atoms with Crippen LogP contribution in [0.5, 0.6) is 5.75 Å². The molecule has 1 heterocycles. The van der Waals surface area contributed by atoms with E-state index in [9.17, 15) is 10.1 Å². The maximum atomic E-state index is 11.0. The van der Waals surface area contributed by atoms with Crippen molar-refractivity contribution in [2.45, 2.75) is 0 Å². The second-order valence-electron chi connectivity index (χ2n) is 3.32. The highest BCUT2D eigenvalue weighted by Crippen LogP contribution is 2.42. The van der Waals surface area contributed by atoms with Gasteiger partial charge in [0.25, 0.3) is 0 Å². The van der Waals surface area contributed by atoms with Gasteiger partial charge in [0.1, 0.15) is 5.75 Å². The highest BCUT2D eigenvalue weighted by atomic mass is 35.5. The second kappa shape index (κ2) is 6.73. The van der Waals surface area contributed by atoms with E-state index in [4.69, 9.17) is 16.3 Å². The summed E-state index contributed by atoms with van der Waals surface area (Å²) in [5.41, 5.74) is 0.388. The fraction of sp³-hybridized carbons (Fsp3) is 0.100. The summed E-state index contributed by atoms with van der Waals surface area (Å²) in [6.45, 7) is 0. The van der Waals surface area contributed by atoms with Gasteiger partial charge in [-0.3, -0.25) is 0 Å². The topological polar surface area (TPSA) is 89.5 Å². The molecular weight excluding hydrogens is 324 g/mol. The highest BCUT2D eigenvalue weighted by molar-refractivity contribution is 8.78. The van der Waals surface area contributed by atoms with Gasteiger partial charge in [-0.05, 0) is 33.0 Å². The predicted molar refractivity (Wildman–Crippen MR) is 80.0 cm³/mol. The van der Waals surface area contributed by atoms with Gasteiger partial charge in [-0.1, -0.05) is 23.7 Å². The third-order valence-corrected chi connectivity index (χ3v) is 4.45. The SMILES string of the molecule is COc1ccccc1N=N/C(=C1/SSN=C1Cl)[N+](=O)[O-]. The third kappa shape index (κ3) is 3.30. The molecule has 0 fully saturated rings. The van der Waals surface area contributed by atoms with Crippen LogP contribution in [0.1, 0.15) is 0 Å². The van der Waals surface area contributed by atoms with Crippen molar-refractivity contribution in [1.29, 1.82) is 0 Å². The maximum Gasteiger partial charge on any atom is 0.408 e. The van der Waals surface area contributed by atoms with E-state index >= 15 is 0 Å². The van der Waals surface area contributed by atoms with Gasteiger partial charge in [0, 0.05) is 0 Å². The van der Waals surface area contributed by atoms with E-state index in [2.05, 4.69) is 14.6 Å². The summed E-state index contributed by atoms with van der Waals surface area (Å²) in [5, 5.41) is 18.6. The molecule has 0 saturated carbocycles. The molecule has 0 saturated heterocycles. The molecule has 0 bridgehead atoms. The van der Waals surface area contributed by atoms with Crippen molar-refractivity contribution in [3.8, 4) is 5.75 Å². The molecule has 0 aliphatic carbocycles. The summed E-state index contributed by atoms with van der Waals surface area (Å²) in [5.74, 6) is 0.0248. The molecule has 0 N–H and O–H groups in total. The fourth-order valence-corrected chi connectivity index (χ4v) is 3.49. The van der Waals surface area contributed by atoms with Crippen LogP contribution in [-0.4, -0.2) is 17.2 Å². The van der Waals surface area contributed by atoms with Gasteiger partial charge in [0.2, 0.25) is 0 Å². The van der Waals surface area contributed by atoms with Crippen LogP contribution in [-0.2, 0) is 0 Å². The maximum absolute atomic E-state index is 11.0. The molecule has 1 aromatic rings. The minimum Gasteiger partial charge on any atom is -0.494 e. The number of benzene rings is 1. The zero-order valence-corrected chi connectivity index (χ0v) is 12.4. The number of hydrogen-bond donors (Lipinski definition) is 0. The minimum atomic E-state index is -0.648. The van der Waals surface area contributed by atoms with E-state index in [0.717, 1.165) is 21.8 Å². The Bertz CT molecular complexity index is 633. The van der Waals surface area contributed by atoms with Crippen LogP contribution < -0.4 is 4.74 Å². The van der Waals surface area contributed by atoms with Crippen LogP contribution in [0.4, 0.5) is 5.69 Å². The first-order valence-corrected chi connectivity index (χ1v) is 7.63. The summed E-state index contributed by atoms with van der Waals surface area (Å²) in [6.07, 6.45) is 0. The van der Waals surface area contributed by atoms with E-state index in [1.54, 1.807) is 24.3 Å². The zero-order chi connectivity index (χ0) is 14.5. The smallest absolute Gasteiger partial charge is 0.408 e. The molecule has 0 radical (unpaired) electrons. The van der Waals surface area contributed by atoms with Crippen LogP contribution in [0.3, 0.4) is 0 Å². The number of para-hydroxylation sites is 1. The largest absolute Gasteiger partial charge is 0.494 e. The van der Waals surface area contributed by atoms with Gasteiger partial charge in [-0.2, -0.15) is 4.40 Å². The Morgan fingerprint density at radius 1 is 1.50 bits per heavy atom. The first-order valence-electron chi connectivity index (χ1n) is 5.14. The zero-order valence-electron chi connectivity index (χ0n) is 10.0. The van der Waals surface area contributed by atoms with Crippen molar-refractivity contribution in [3.05, 3.63) is 45.1 Å². The Morgan fingerprint density at radius 3 is 2.85 bits per heavy atom. The molecule has 10 heteroatoms. The number of allylic oxidation sites excluding steroid dienone is 1. The monoisotopic (exact) mass is 330 g/mol. The molecule has 104 valence electrons. The first-order chi connectivity index (χ1) is 9.63. The first kappa shape index (κ1) is 14.8. The van der Waals surface area contributed by atoms with Crippen LogP contribution in [0.25, 0.3) is 0 Å². The number of methoxy groups -OCH3 is 1. The predicted octanol–water partition coefficient (Wildman–Crippen LogP) is 4.17. The van der Waals surface area contributed by atoms with Gasteiger partial charge in [-0.25, -0.2) is 0 Å². The van der Waals surface area contributed by atoms with E-state index in [1.165, 1.54) is 7.11 Å². The van der Waals surface area contributed by atoms with E-state index in [1.807, 2.05) is 0 Å². The van der Waals surface area contributed by atoms with Crippen molar-refractivity contribution < 1.29 is 9.66 Å². The average molecular weight is 331 g/mol. The average Bonchev–Trinajstić information content (AvgIpc) is 2.85. The lowest BCUT2D eigenvalue weighted by Crippen LogP contribution is -2.01. The molecule has 0 spiro atoms. The highest BCUT2D eigenvalue weighted by Gasteiger charge is 2.27. The Labute approximate surface area is 126 Å². The van der Waals surface area contributed by atoms with Gasteiger partial charge in [-0.15, -0.1) is 0 Å². The normalized spacial score (nSPS) is 17.2. The molecule has 0 amide bonds. The Morgan fingerprint density at radius 2 is 2.25 bits per heavy atom.